The maximum Gasteiger partial charge on any atom is 0.220 e. The number of halogens is 1. The van der Waals surface area contributed by atoms with Crippen LogP contribution in [0.2, 0.25) is 0 Å². The topological polar surface area (TPSA) is 102 Å². The van der Waals surface area contributed by atoms with Crippen molar-refractivity contribution in [2.24, 2.45) is 0 Å². The van der Waals surface area contributed by atoms with Crippen LogP contribution in [0.5, 0.6) is 17.2 Å². The Kier molecular flexibility index (Phi) is 8.79. The van der Waals surface area contributed by atoms with E-state index in [0.717, 1.165) is 11.4 Å². The van der Waals surface area contributed by atoms with Crippen LogP contribution in [-0.2, 0) is 0 Å². The fraction of sp³-hybridized carbons (Fsp3) is 0.304. The third kappa shape index (κ3) is 6.01. The van der Waals surface area contributed by atoms with E-state index in [4.69, 9.17) is 20.6 Å². The molecule has 0 spiro atoms. The highest BCUT2D eigenvalue weighted by molar-refractivity contribution is 9.10. The van der Waals surface area contributed by atoms with Crippen LogP contribution in [0, 0.1) is 29.4 Å². The fourth-order valence-corrected chi connectivity index (χ4v) is 4.94. The molecule has 0 saturated carbocycles. The van der Waals surface area contributed by atoms with Crippen LogP contribution in [0.25, 0.3) is 5.69 Å². The molecule has 2 aromatic carbocycles. The molecule has 9 nitrogen and oxygen atoms in total. The molecule has 0 saturated heterocycles. The molecule has 1 aromatic heterocycles. The Morgan fingerprint density at radius 1 is 1.26 bits per heavy atom. The van der Waals surface area contributed by atoms with Gasteiger partial charge in [-0.3, -0.25) is 14.7 Å². The molecule has 0 unspecified atom stereocenters. The zero-order chi connectivity index (χ0) is 24.7. The first-order valence-electron chi connectivity index (χ1n) is 10.2. The Hall–Kier alpha value is -3.23. The van der Waals surface area contributed by atoms with Gasteiger partial charge >= 0.3 is 0 Å². The highest BCUT2D eigenvalue weighted by Gasteiger charge is 2.26. The smallest absolute Gasteiger partial charge is 0.220 e. The van der Waals surface area contributed by atoms with Gasteiger partial charge in [0.1, 0.15) is 23.4 Å². The second-order valence-electron chi connectivity index (χ2n) is 6.94. The van der Waals surface area contributed by atoms with Gasteiger partial charge < -0.3 is 14.2 Å². The van der Waals surface area contributed by atoms with Gasteiger partial charge in [-0.25, -0.2) is 0 Å². The Labute approximate surface area is 210 Å². The third-order valence-electron chi connectivity index (χ3n) is 4.69. The number of benzene rings is 2. The van der Waals surface area contributed by atoms with E-state index in [1.807, 2.05) is 42.7 Å². The minimum Gasteiger partial charge on any atom is -0.497 e. The van der Waals surface area contributed by atoms with Gasteiger partial charge in [0.2, 0.25) is 6.54 Å². The normalized spacial score (nSPS) is 11.5. The van der Waals surface area contributed by atoms with Crippen LogP contribution < -0.4 is 14.2 Å². The highest BCUT2D eigenvalue weighted by atomic mass is 79.9. The fourth-order valence-electron chi connectivity index (χ4n) is 3.21. The second-order valence-corrected chi connectivity index (χ2v) is 8.97. The van der Waals surface area contributed by atoms with E-state index in [-0.39, 0.29) is 18.1 Å². The molecule has 3 rings (SSSR count). The minimum atomic E-state index is -0.576. The average molecular weight is 547 g/mol. The summed E-state index contributed by atoms with van der Waals surface area (Å²) in [6, 6.07) is 10.9. The number of aromatic nitrogens is 3. The molecular formula is C23H23BrN4O5S. The van der Waals surface area contributed by atoms with E-state index in [2.05, 4.69) is 32.0 Å². The predicted molar refractivity (Wildman–Crippen MR) is 133 cm³/mol. The standard InChI is InChI=1S/C23H23BrN4O5S/c1-5-11-33-22-19(24)12-16(13-20(22)32-6-2)21(14-27(29)30)34-23-26-25-15(3)28(23)17-7-9-18(31-4)10-8-17/h1,7-10,12-13,21H,6,11,14H2,2-4H3/t21-/m0/s1. The summed E-state index contributed by atoms with van der Waals surface area (Å²) in [7, 11) is 1.60. The van der Waals surface area contributed by atoms with Crippen molar-refractivity contribution < 1.29 is 19.1 Å². The SMILES string of the molecule is C#CCOc1c(Br)cc([C@H](C[N+](=O)[O-])Sc2nnc(C)n2-c2ccc(OC)cc2)cc1OCC. The second kappa shape index (κ2) is 11.8. The average Bonchev–Trinajstić information content (AvgIpc) is 3.17. The number of methoxy groups -OCH3 is 1. The number of nitro groups is 1. The monoisotopic (exact) mass is 546 g/mol. The van der Waals surface area contributed by atoms with Gasteiger partial charge in [0.05, 0.1) is 18.2 Å². The Morgan fingerprint density at radius 2 is 2.00 bits per heavy atom. The maximum atomic E-state index is 11.6. The third-order valence-corrected chi connectivity index (χ3v) is 6.46. The van der Waals surface area contributed by atoms with E-state index in [1.54, 1.807) is 19.2 Å². The predicted octanol–water partition coefficient (Wildman–Crippen LogP) is 4.87. The van der Waals surface area contributed by atoms with Crippen LogP contribution >= 0.6 is 27.7 Å². The number of rotatable bonds is 11. The van der Waals surface area contributed by atoms with Gasteiger partial charge in [-0.15, -0.1) is 16.6 Å². The Morgan fingerprint density at radius 3 is 2.62 bits per heavy atom. The van der Waals surface area contributed by atoms with Crippen molar-refractivity contribution in [3.05, 3.63) is 62.4 Å². The number of hydrogen-bond donors (Lipinski definition) is 0. The number of hydrogen-bond acceptors (Lipinski definition) is 8. The molecule has 0 radical (unpaired) electrons. The number of thioether (sulfide) groups is 1. The Bertz CT molecular complexity index is 1190. The van der Waals surface area contributed by atoms with Crippen molar-refractivity contribution in [2.75, 3.05) is 26.9 Å². The zero-order valence-corrected chi connectivity index (χ0v) is 21.3. The van der Waals surface area contributed by atoms with Gasteiger partial charge in [0.15, 0.2) is 16.7 Å². The summed E-state index contributed by atoms with van der Waals surface area (Å²) >= 11 is 4.74. The molecule has 0 aliphatic heterocycles. The summed E-state index contributed by atoms with van der Waals surface area (Å²) < 4.78 is 19.0. The van der Waals surface area contributed by atoms with E-state index in [0.29, 0.717) is 39.1 Å². The lowest BCUT2D eigenvalue weighted by Crippen LogP contribution is -2.12. The first-order valence-corrected chi connectivity index (χ1v) is 11.9. The van der Waals surface area contributed by atoms with E-state index in [9.17, 15) is 10.1 Å². The summed E-state index contributed by atoms with van der Waals surface area (Å²) in [4.78, 5) is 11.2. The van der Waals surface area contributed by atoms with Crippen LogP contribution in [0.3, 0.4) is 0 Å². The quantitative estimate of drug-likeness (QED) is 0.145. The van der Waals surface area contributed by atoms with Gasteiger partial charge in [0, 0.05) is 10.6 Å². The lowest BCUT2D eigenvalue weighted by Gasteiger charge is -2.18. The van der Waals surface area contributed by atoms with Gasteiger partial charge in [-0.2, -0.15) is 0 Å². The van der Waals surface area contributed by atoms with Crippen LogP contribution in [0.1, 0.15) is 23.6 Å². The molecule has 3 aromatic rings. The molecule has 0 bridgehead atoms. The Balaban J connectivity index is 2.01. The number of terminal acetylenes is 1. The molecule has 0 aliphatic carbocycles. The van der Waals surface area contributed by atoms with Crippen LogP contribution in [0.15, 0.2) is 46.0 Å². The molecule has 178 valence electrons. The lowest BCUT2D eigenvalue weighted by molar-refractivity contribution is -0.479. The minimum absolute atomic E-state index is 0.0648. The molecule has 0 amide bonds. The van der Waals surface area contributed by atoms with Crippen LogP contribution in [-0.4, -0.2) is 46.6 Å². The van der Waals surface area contributed by atoms with Crippen molar-refractivity contribution in [3.63, 3.8) is 0 Å². The molecule has 11 heteroatoms. The molecule has 0 aliphatic rings. The van der Waals surface area contributed by atoms with Crippen molar-refractivity contribution in [2.45, 2.75) is 24.3 Å². The molecule has 0 N–H and O–H groups in total. The van der Waals surface area contributed by atoms with E-state index >= 15 is 0 Å². The van der Waals surface area contributed by atoms with Crippen molar-refractivity contribution >= 4 is 27.7 Å². The van der Waals surface area contributed by atoms with Gasteiger partial charge in [0.25, 0.3) is 0 Å². The summed E-state index contributed by atoms with van der Waals surface area (Å²) in [6.07, 6.45) is 5.32. The number of nitrogens with zero attached hydrogens (tertiary/aromatic N) is 4. The molecule has 0 fully saturated rings. The molecule has 1 atom stereocenters. The summed E-state index contributed by atoms with van der Waals surface area (Å²) in [5.74, 6) is 4.69. The maximum absolute atomic E-state index is 11.6. The van der Waals surface area contributed by atoms with Gasteiger partial charge in [-0.05, 0) is 71.7 Å². The largest absolute Gasteiger partial charge is 0.497 e. The molecule has 1 heterocycles. The molecule has 34 heavy (non-hydrogen) atoms. The van der Waals surface area contributed by atoms with Crippen molar-refractivity contribution in [1.29, 1.82) is 0 Å². The van der Waals surface area contributed by atoms with Crippen molar-refractivity contribution in [3.8, 4) is 35.3 Å². The van der Waals surface area contributed by atoms with E-state index in [1.165, 1.54) is 11.8 Å². The lowest BCUT2D eigenvalue weighted by atomic mass is 10.1. The van der Waals surface area contributed by atoms with Crippen LogP contribution in [0.4, 0.5) is 0 Å². The molecular weight excluding hydrogens is 524 g/mol. The first kappa shape index (κ1) is 25.4. The van der Waals surface area contributed by atoms with Gasteiger partial charge in [-0.1, -0.05) is 17.7 Å². The highest BCUT2D eigenvalue weighted by Crippen LogP contribution is 2.43. The number of aryl methyl sites for hydroxylation is 1. The summed E-state index contributed by atoms with van der Waals surface area (Å²) in [6.45, 7) is 3.79. The first-order chi connectivity index (χ1) is 16.4. The van der Waals surface area contributed by atoms with E-state index < -0.39 is 5.25 Å². The summed E-state index contributed by atoms with van der Waals surface area (Å²) in [5.41, 5.74) is 1.49. The van der Waals surface area contributed by atoms with Crippen molar-refractivity contribution in [1.82, 2.24) is 14.8 Å². The zero-order valence-electron chi connectivity index (χ0n) is 18.9. The summed E-state index contributed by atoms with van der Waals surface area (Å²) in [5, 5.41) is 20.0. The number of ether oxygens (including phenoxy) is 3.